The topological polar surface area (TPSA) is 24.9 Å². The lowest BCUT2D eigenvalue weighted by atomic mass is 10.1. The van der Waals surface area contributed by atoms with Gasteiger partial charge >= 0.3 is 0 Å². The third kappa shape index (κ3) is 2.79. The highest BCUT2D eigenvalue weighted by Gasteiger charge is 2.05. The Kier molecular flexibility index (Phi) is 3.90. The number of fused-ring (bicyclic) bond motifs is 1. The highest BCUT2D eigenvalue weighted by atomic mass is 79.9. The van der Waals surface area contributed by atoms with Crippen molar-refractivity contribution in [1.29, 1.82) is 0 Å². The minimum Gasteiger partial charge on any atom is -0.380 e. The highest BCUT2D eigenvalue weighted by molar-refractivity contribution is 9.10. The fourth-order valence-corrected chi connectivity index (χ4v) is 2.57. The Balaban J connectivity index is 1.88. The van der Waals surface area contributed by atoms with E-state index in [1.807, 2.05) is 36.4 Å². The minimum absolute atomic E-state index is 0.676. The molecule has 0 fully saturated rings. The molecule has 0 radical (unpaired) electrons. The smallest absolute Gasteiger partial charge is 0.0908 e. The number of rotatable bonds is 3. The third-order valence-corrected chi connectivity index (χ3v) is 3.95. The Morgan fingerprint density at radius 1 is 1.05 bits per heavy atom. The molecule has 3 aromatic rings. The number of halogens is 2. The molecule has 0 atom stereocenters. The average molecular weight is 348 g/mol. The predicted octanol–water partition coefficient (Wildman–Crippen LogP) is 5.26. The van der Waals surface area contributed by atoms with Crippen LogP contribution in [0.5, 0.6) is 0 Å². The van der Waals surface area contributed by atoms with Crippen LogP contribution in [0.3, 0.4) is 0 Å². The molecule has 0 saturated carbocycles. The van der Waals surface area contributed by atoms with Crippen LogP contribution in [-0.2, 0) is 6.54 Å². The van der Waals surface area contributed by atoms with Crippen LogP contribution in [0.4, 0.5) is 5.69 Å². The molecule has 1 aromatic heterocycles. The SMILES string of the molecule is Clc1ccc(NCc2ccc(Br)cc2)c2cccnc12. The Labute approximate surface area is 130 Å². The maximum Gasteiger partial charge on any atom is 0.0908 e. The summed E-state index contributed by atoms with van der Waals surface area (Å²) >= 11 is 9.61. The van der Waals surface area contributed by atoms with Crippen molar-refractivity contribution in [3.63, 3.8) is 0 Å². The number of hydrogen-bond acceptors (Lipinski definition) is 2. The summed E-state index contributed by atoms with van der Waals surface area (Å²) in [7, 11) is 0. The lowest BCUT2D eigenvalue weighted by Crippen LogP contribution is -2.00. The molecule has 100 valence electrons. The summed E-state index contributed by atoms with van der Waals surface area (Å²) in [5, 5.41) is 5.15. The standard InChI is InChI=1S/C16H12BrClN2/c17-12-5-3-11(4-6-12)10-20-15-8-7-14(18)16-13(15)2-1-9-19-16/h1-9,20H,10H2. The van der Waals surface area contributed by atoms with Crippen LogP contribution >= 0.6 is 27.5 Å². The van der Waals surface area contributed by atoms with Gasteiger partial charge in [-0.15, -0.1) is 0 Å². The van der Waals surface area contributed by atoms with Gasteiger partial charge in [-0.05, 0) is 42.0 Å². The van der Waals surface area contributed by atoms with Crippen LogP contribution < -0.4 is 5.32 Å². The molecule has 4 heteroatoms. The second-order valence-corrected chi connectivity index (χ2v) is 5.80. The van der Waals surface area contributed by atoms with Gasteiger partial charge in [0.2, 0.25) is 0 Å². The van der Waals surface area contributed by atoms with Crippen molar-refractivity contribution in [2.75, 3.05) is 5.32 Å². The van der Waals surface area contributed by atoms with Crippen molar-refractivity contribution in [2.24, 2.45) is 0 Å². The molecule has 0 saturated heterocycles. The summed E-state index contributed by atoms with van der Waals surface area (Å²) in [5.41, 5.74) is 3.09. The largest absolute Gasteiger partial charge is 0.380 e. The van der Waals surface area contributed by atoms with E-state index in [1.54, 1.807) is 6.20 Å². The van der Waals surface area contributed by atoms with Crippen molar-refractivity contribution >= 4 is 44.1 Å². The number of benzene rings is 2. The summed E-state index contributed by atoms with van der Waals surface area (Å²) in [5.74, 6) is 0. The summed E-state index contributed by atoms with van der Waals surface area (Å²) in [6, 6.07) is 16.1. The van der Waals surface area contributed by atoms with Gasteiger partial charge < -0.3 is 5.32 Å². The molecule has 0 unspecified atom stereocenters. The van der Waals surface area contributed by atoms with E-state index in [-0.39, 0.29) is 0 Å². The Morgan fingerprint density at radius 2 is 1.85 bits per heavy atom. The van der Waals surface area contributed by atoms with Crippen LogP contribution in [0.15, 0.2) is 59.2 Å². The second-order valence-electron chi connectivity index (χ2n) is 4.47. The van der Waals surface area contributed by atoms with Crippen LogP contribution in [0.2, 0.25) is 5.02 Å². The fraction of sp³-hybridized carbons (Fsp3) is 0.0625. The monoisotopic (exact) mass is 346 g/mol. The number of nitrogens with one attached hydrogen (secondary N) is 1. The van der Waals surface area contributed by atoms with Gasteiger partial charge in [-0.25, -0.2) is 0 Å². The first kappa shape index (κ1) is 13.4. The highest BCUT2D eigenvalue weighted by Crippen LogP contribution is 2.28. The second kappa shape index (κ2) is 5.81. The van der Waals surface area contributed by atoms with Crippen molar-refractivity contribution in [3.05, 3.63) is 69.8 Å². The van der Waals surface area contributed by atoms with Crippen molar-refractivity contribution in [2.45, 2.75) is 6.54 Å². The maximum atomic E-state index is 6.17. The summed E-state index contributed by atoms with van der Waals surface area (Å²) in [6.07, 6.45) is 1.76. The van der Waals surface area contributed by atoms with Crippen molar-refractivity contribution < 1.29 is 0 Å². The number of pyridine rings is 1. The van der Waals surface area contributed by atoms with Gasteiger partial charge in [0, 0.05) is 28.3 Å². The van der Waals surface area contributed by atoms with Crippen LogP contribution in [-0.4, -0.2) is 4.98 Å². The van der Waals surface area contributed by atoms with E-state index in [0.717, 1.165) is 27.6 Å². The quantitative estimate of drug-likeness (QED) is 0.699. The van der Waals surface area contributed by atoms with Gasteiger partial charge in [-0.3, -0.25) is 4.98 Å². The number of anilines is 1. The number of nitrogens with zero attached hydrogens (tertiary/aromatic N) is 1. The normalized spacial score (nSPS) is 10.7. The summed E-state index contributed by atoms with van der Waals surface area (Å²) in [6.45, 7) is 0.763. The van der Waals surface area contributed by atoms with Crippen molar-refractivity contribution in [1.82, 2.24) is 4.98 Å². The molecule has 0 amide bonds. The van der Waals surface area contributed by atoms with E-state index < -0.39 is 0 Å². The molecule has 2 nitrogen and oxygen atoms in total. The number of hydrogen-bond donors (Lipinski definition) is 1. The molecule has 2 aromatic carbocycles. The molecular weight excluding hydrogens is 336 g/mol. The Hall–Kier alpha value is -1.58. The fourth-order valence-electron chi connectivity index (χ4n) is 2.09. The molecule has 0 bridgehead atoms. The minimum atomic E-state index is 0.676. The molecule has 20 heavy (non-hydrogen) atoms. The van der Waals surface area contributed by atoms with Gasteiger partial charge in [-0.1, -0.05) is 39.7 Å². The third-order valence-electron chi connectivity index (χ3n) is 3.12. The van der Waals surface area contributed by atoms with E-state index >= 15 is 0 Å². The lowest BCUT2D eigenvalue weighted by molar-refractivity contribution is 1.15. The van der Waals surface area contributed by atoms with E-state index in [4.69, 9.17) is 11.6 Å². The van der Waals surface area contributed by atoms with Crippen LogP contribution in [0.25, 0.3) is 10.9 Å². The first-order valence-corrected chi connectivity index (χ1v) is 7.43. The van der Waals surface area contributed by atoms with Crippen LogP contribution in [0, 0.1) is 0 Å². The van der Waals surface area contributed by atoms with Gasteiger partial charge in [-0.2, -0.15) is 0 Å². The first-order chi connectivity index (χ1) is 9.74. The first-order valence-electron chi connectivity index (χ1n) is 6.25. The molecule has 0 spiro atoms. The average Bonchev–Trinajstić information content (AvgIpc) is 2.49. The van der Waals surface area contributed by atoms with E-state index in [9.17, 15) is 0 Å². The van der Waals surface area contributed by atoms with Gasteiger partial charge in [0.1, 0.15) is 0 Å². The molecule has 0 aliphatic heterocycles. The zero-order valence-corrected chi connectivity index (χ0v) is 12.9. The van der Waals surface area contributed by atoms with Crippen molar-refractivity contribution in [3.8, 4) is 0 Å². The molecule has 1 heterocycles. The maximum absolute atomic E-state index is 6.17. The molecule has 0 aliphatic rings. The van der Waals surface area contributed by atoms with Gasteiger partial charge in [0.15, 0.2) is 0 Å². The predicted molar refractivity (Wildman–Crippen MR) is 88.2 cm³/mol. The molecule has 3 rings (SSSR count). The van der Waals surface area contributed by atoms with E-state index in [1.165, 1.54) is 5.56 Å². The zero-order chi connectivity index (χ0) is 13.9. The Morgan fingerprint density at radius 3 is 2.65 bits per heavy atom. The van der Waals surface area contributed by atoms with Gasteiger partial charge in [0.25, 0.3) is 0 Å². The zero-order valence-electron chi connectivity index (χ0n) is 10.6. The van der Waals surface area contributed by atoms with E-state index in [2.05, 4.69) is 38.4 Å². The van der Waals surface area contributed by atoms with Crippen LogP contribution in [0.1, 0.15) is 5.56 Å². The lowest BCUT2D eigenvalue weighted by Gasteiger charge is -2.10. The Bertz CT molecular complexity index is 741. The molecule has 0 aliphatic carbocycles. The molecular formula is C16H12BrClN2. The van der Waals surface area contributed by atoms with E-state index in [0.29, 0.717) is 5.02 Å². The number of aromatic nitrogens is 1. The van der Waals surface area contributed by atoms with Gasteiger partial charge in [0.05, 0.1) is 10.5 Å². The summed E-state index contributed by atoms with van der Waals surface area (Å²) in [4.78, 5) is 4.33. The summed E-state index contributed by atoms with van der Waals surface area (Å²) < 4.78 is 1.09. The molecule has 1 N–H and O–H groups in total.